The number of benzene rings is 2. The van der Waals surface area contributed by atoms with Crippen molar-refractivity contribution >= 4 is 17.7 Å². The molecule has 3 rings (SSSR count). The van der Waals surface area contributed by atoms with Gasteiger partial charge in [0.15, 0.2) is 0 Å². The number of nitrogens with one attached hydrogen (secondary N) is 1. The molecule has 0 spiro atoms. The Hall–Kier alpha value is -3.74. The van der Waals surface area contributed by atoms with Gasteiger partial charge in [0.05, 0.1) is 29.2 Å². The molecule has 7 nitrogen and oxygen atoms in total. The van der Waals surface area contributed by atoms with E-state index in [1.807, 2.05) is 61.5 Å². The van der Waals surface area contributed by atoms with Crippen LogP contribution in [0.4, 0.5) is 0 Å². The number of amides is 1. The Bertz CT molecular complexity index is 1100. The van der Waals surface area contributed by atoms with Crippen LogP contribution < -0.4 is 5.32 Å². The highest BCUT2D eigenvalue weighted by atomic mass is 16.5. The Labute approximate surface area is 187 Å². The van der Waals surface area contributed by atoms with Gasteiger partial charge < -0.3 is 10.1 Å². The van der Waals surface area contributed by atoms with E-state index in [-0.39, 0.29) is 24.6 Å². The third kappa shape index (κ3) is 5.69. The van der Waals surface area contributed by atoms with E-state index in [2.05, 4.69) is 10.4 Å². The van der Waals surface area contributed by atoms with E-state index in [0.29, 0.717) is 24.2 Å². The maximum absolute atomic E-state index is 12.6. The molecule has 1 aromatic heterocycles. The Balaban J connectivity index is 1.47. The van der Waals surface area contributed by atoms with Gasteiger partial charge in [0.2, 0.25) is 5.91 Å². The van der Waals surface area contributed by atoms with Crippen molar-refractivity contribution in [3.05, 3.63) is 82.7 Å². The fourth-order valence-corrected chi connectivity index (χ4v) is 3.39. The molecule has 0 aliphatic heterocycles. The molecule has 0 saturated carbocycles. The molecule has 0 fully saturated rings. The second kappa shape index (κ2) is 10.5. The monoisotopic (exact) mass is 433 g/mol. The van der Waals surface area contributed by atoms with Crippen molar-refractivity contribution in [2.75, 3.05) is 13.2 Å². The number of rotatable bonds is 9. The summed E-state index contributed by atoms with van der Waals surface area (Å²) in [5, 5.41) is 7.09. The van der Waals surface area contributed by atoms with Crippen molar-refractivity contribution < 1.29 is 19.1 Å². The minimum atomic E-state index is -0.960. The highest BCUT2D eigenvalue weighted by molar-refractivity contribution is 6.41. The first-order chi connectivity index (χ1) is 15.4. The van der Waals surface area contributed by atoms with Crippen LogP contribution in [0.25, 0.3) is 5.69 Å². The summed E-state index contributed by atoms with van der Waals surface area (Å²) in [5.41, 5.74) is 4.32. The number of ketones is 1. The van der Waals surface area contributed by atoms with E-state index >= 15 is 0 Å². The van der Waals surface area contributed by atoms with Gasteiger partial charge in [-0.25, -0.2) is 9.48 Å². The summed E-state index contributed by atoms with van der Waals surface area (Å²) in [4.78, 5) is 36.9. The van der Waals surface area contributed by atoms with E-state index in [1.54, 1.807) is 18.5 Å². The quantitative estimate of drug-likeness (QED) is 0.242. The van der Waals surface area contributed by atoms with Crippen molar-refractivity contribution in [2.45, 2.75) is 33.6 Å². The predicted molar refractivity (Wildman–Crippen MR) is 121 cm³/mol. The Morgan fingerprint density at radius 3 is 2.34 bits per heavy atom. The smallest absolute Gasteiger partial charge is 0.379 e. The lowest BCUT2D eigenvalue weighted by Crippen LogP contribution is -2.29. The summed E-state index contributed by atoms with van der Waals surface area (Å²) in [5.74, 6) is -1.84. The van der Waals surface area contributed by atoms with E-state index in [0.717, 1.165) is 11.3 Å². The molecule has 1 amide bonds. The maximum Gasteiger partial charge on any atom is 0.379 e. The normalized spacial score (nSPS) is 10.6. The third-order valence-electron chi connectivity index (χ3n) is 5.12. The van der Waals surface area contributed by atoms with E-state index in [9.17, 15) is 14.4 Å². The number of nitrogens with zero attached hydrogens (tertiary/aromatic N) is 2. The molecule has 0 radical (unpaired) electrons. The molecular weight excluding hydrogens is 406 g/mol. The molecule has 0 aliphatic carbocycles. The number of para-hydroxylation sites is 1. The number of hydrogen-bond acceptors (Lipinski definition) is 5. The third-order valence-corrected chi connectivity index (χ3v) is 5.12. The molecule has 32 heavy (non-hydrogen) atoms. The number of esters is 1. The van der Waals surface area contributed by atoms with Crippen LogP contribution in [-0.2, 0) is 20.7 Å². The number of ether oxygens (including phenoxy) is 1. The average molecular weight is 434 g/mol. The van der Waals surface area contributed by atoms with Crippen molar-refractivity contribution in [1.82, 2.24) is 15.1 Å². The van der Waals surface area contributed by atoms with Crippen LogP contribution in [0.3, 0.4) is 0 Å². The highest BCUT2D eigenvalue weighted by Crippen LogP contribution is 2.18. The van der Waals surface area contributed by atoms with Crippen LogP contribution in [-0.4, -0.2) is 40.6 Å². The Morgan fingerprint density at radius 2 is 1.66 bits per heavy atom. The van der Waals surface area contributed by atoms with Gasteiger partial charge in [-0.3, -0.25) is 9.59 Å². The first-order valence-corrected chi connectivity index (χ1v) is 10.5. The van der Waals surface area contributed by atoms with Crippen LogP contribution in [0.5, 0.6) is 0 Å². The van der Waals surface area contributed by atoms with Crippen LogP contribution in [0.15, 0.2) is 54.6 Å². The first kappa shape index (κ1) is 22.9. The minimum absolute atomic E-state index is 0.0776. The maximum atomic E-state index is 12.6. The molecule has 1 N–H and O–H groups in total. The molecule has 7 heteroatoms. The molecule has 0 unspecified atom stereocenters. The summed E-state index contributed by atoms with van der Waals surface area (Å²) in [6.45, 7) is 5.50. The SMILES string of the molecule is Cc1ccc(CCC(=O)NCCOC(=O)C(=O)c2c(C)nn(-c3ccccc3)c2C)cc1. The summed E-state index contributed by atoms with van der Waals surface area (Å²) in [6.07, 6.45) is 0.974. The second-order valence-electron chi connectivity index (χ2n) is 7.59. The summed E-state index contributed by atoms with van der Waals surface area (Å²) >= 11 is 0. The van der Waals surface area contributed by atoms with E-state index < -0.39 is 11.8 Å². The molecule has 0 saturated heterocycles. The van der Waals surface area contributed by atoms with E-state index in [1.165, 1.54) is 5.56 Å². The summed E-state index contributed by atoms with van der Waals surface area (Å²) in [6, 6.07) is 17.4. The number of aromatic nitrogens is 2. The van der Waals surface area contributed by atoms with Gasteiger partial charge >= 0.3 is 5.97 Å². The number of carbonyl (C=O) groups is 3. The van der Waals surface area contributed by atoms with Gasteiger partial charge in [0, 0.05) is 6.42 Å². The molecule has 0 aliphatic rings. The van der Waals surface area contributed by atoms with Crippen LogP contribution >= 0.6 is 0 Å². The Morgan fingerprint density at radius 1 is 0.969 bits per heavy atom. The second-order valence-corrected chi connectivity index (χ2v) is 7.59. The summed E-state index contributed by atoms with van der Waals surface area (Å²) in [7, 11) is 0. The number of Topliss-reactive ketones (excluding diaryl/α,β-unsaturated/α-hetero) is 1. The van der Waals surface area contributed by atoms with Gasteiger partial charge in [-0.1, -0.05) is 48.0 Å². The average Bonchev–Trinajstić information content (AvgIpc) is 3.10. The zero-order chi connectivity index (χ0) is 23.1. The first-order valence-electron chi connectivity index (χ1n) is 10.5. The molecule has 2 aromatic carbocycles. The molecular formula is C25H27N3O4. The topological polar surface area (TPSA) is 90.3 Å². The predicted octanol–water partition coefficient (Wildman–Crippen LogP) is 3.27. The van der Waals surface area contributed by atoms with Gasteiger partial charge in [-0.15, -0.1) is 0 Å². The van der Waals surface area contributed by atoms with Crippen molar-refractivity contribution in [1.29, 1.82) is 0 Å². The molecule has 1 heterocycles. The van der Waals surface area contributed by atoms with Crippen LogP contribution in [0, 0.1) is 20.8 Å². The molecule has 0 atom stereocenters. The van der Waals surface area contributed by atoms with Gasteiger partial charge in [0.1, 0.15) is 6.61 Å². The fourth-order valence-electron chi connectivity index (χ4n) is 3.39. The van der Waals surface area contributed by atoms with E-state index in [4.69, 9.17) is 4.74 Å². The zero-order valence-corrected chi connectivity index (χ0v) is 18.6. The van der Waals surface area contributed by atoms with Crippen molar-refractivity contribution in [2.24, 2.45) is 0 Å². The van der Waals surface area contributed by atoms with Crippen LogP contribution in [0.1, 0.15) is 39.3 Å². The molecule has 3 aromatic rings. The van der Waals surface area contributed by atoms with Gasteiger partial charge in [-0.2, -0.15) is 5.10 Å². The number of hydrogen-bond donors (Lipinski definition) is 1. The number of carbonyl (C=O) groups excluding carboxylic acids is 3. The number of aryl methyl sites for hydroxylation is 3. The van der Waals surface area contributed by atoms with Gasteiger partial charge in [0.25, 0.3) is 5.78 Å². The molecule has 166 valence electrons. The molecule has 0 bridgehead atoms. The summed E-state index contributed by atoms with van der Waals surface area (Å²) < 4.78 is 6.70. The highest BCUT2D eigenvalue weighted by Gasteiger charge is 2.26. The minimum Gasteiger partial charge on any atom is -0.458 e. The standard InChI is InChI=1S/C25H27N3O4/c1-17-9-11-20(12-10-17)13-14-22(29)26-15-16-32-25(31)24(30)23-18(2)27-28(19(23)3)21-7-5-4-6-8-21/h4-12H,13-16H2,1-3H3,(H,26,29). The lowest BCUT2D eigenvalue weighted by Gasteiger charge is -2.07. The lowest BCUT2D eigenvalue weighted by molar-refractivity contribution is -0.138. The fraction of sp³-hybridized carbons (Fsp3) is 0.280. The van der Waals surface area contributed by atoms with Gasteiger partial charge in [-0.05, 0) is 44.9 Å². The lowest BCUT2D eigenvalue weighted by atomic mass is 10.1. The van der Waals surface area contributed by atoms with Crippen molar-refractivity contribution in [3.8, 4) is 5.69 Å². The Kier molecular flexibility index (Phi) is 7.54. The zero-order valence-electron chi connectivity index (χ0n) is 18.6. The largest absolute Gasteiger partial charge is 0.458 e. The van der Waals surface area contributed by atoms with Crippen molar-refractivity contribution in [3.63, 3.8) is 0 Å². The van der Waals surface area contributed by atoms with Crippen LogP contribution in [0.2, 0.25) is 0 Å².